The molecule has 15 heavy (non-hydrogen) atoms. The first-order valence-electron chi connectivity index (χ1n) is 5.59. The molecule has 0 saturated carbocycles. The molecule has 0 aliphatic carbocycles. The van der Waals surface area contributed by atoms with Crippen LogP contribution in [0.15, 0.2) is 24.3 Å². The van der Waals surface area contributed by atoms with Crippen LogP contribution in [0.2, 0.25) is 0 Å². The van der Waals surface area contributed by atoms with Gasteiger partial charge in [0, 0.05) is 19.8 Å². The van der Waals surface area contributed by atoms with Crippen molar-refractivity contribution in [1.82, 2.24) is 0 Å². The minimum atomic E-state index is 0.316. The summed E-state index contributed by atoms with van der Waals surface area (Å²) in [6, 6.07) is 8.67. The molecular weight excluding hydrogens is 186 g/mol. The summed E-state index contributed by atoms with van der Waals surface area (Å²) in [5, 5.41) is 0. The molecule has 2 heteroatoms. The molecule has 2 rings (SSSR count). The molecule has 1 aliphatic heterocycles. The first kappa shape index (κ1) is 10.5. The Morgan fingerprint density at radius 1 is 1.13 bits per heavy atom. The van der Waals surface area contributed by atoms with Crippen LogP contribution in [0.1, 0.15) is 31.4 Å². The lowest BCUT2D eigenvalue weighted by Crippen LogP contribution is -2.08. The van der Waals surface area contributed by atoms with Gasteiger partial charge in [0.2, 0.25) is 0 Å². The highest BCUT2D eigenvalue weighted by molar-refractivity contribution is 5.46. The van der Waals surface area contributed by atoms with E-state index in [1.165, 1.54) is 17.7 Å². The van der Waals surface area contributed by atoms with Gasteiger partial charge in [-0.1, -0.05) is 12.1 Å². The average Bonchev–Trinajstić information content (AvgIpc) is 2.65. The highest BCUT2D eigenvalue weighted by Gasteiger charge is 2.22. The maximum atomic E-state index is 5.83. The van der Waals surface area contributed by atoms with Crippen LogP contribution >= 0.6 is 0 Å². The Labute approximate surface area is 91.9 Å². The summed E-state index contributed by atoms with van der Waals surface area (Å²) in [6.07, 6.45) is 3.07. The van der Waals surface area contributed by atoms with Crippen LogP contribution in [0.5, 0.6) is 0 Å². The second-order valence-corrected chi connectivity index (χ2v) is 4.50. The normalized spacial score (nSPS) is 25.5. The molecule has 82 valence electrons. The fourth-order valence-corrected chi connectivity index (χ4v) is 2.03. The van der Waals surface area contributed by atoms with Crippen LogP contribution in [-0.2, 0) is 4.74 Å². The van der Waals surface area contributed by atoms with Gasteiger partial charge < -0.3 is 9.64 Å². The Kier molecular flexibility index (Phi) is 2.96. The monoisotopic (exact) mass is 205 g/mol. The lowest BCUT2D eigenvalue weighted by Gasteiger charge is -2.15. The molecular formula is C13H19NO. The summed E-state index contributed by atoms with van der Waals surface area (Å²) in [5.41, 5.74) is 2.55. The molecule has 1 saturated heterocycles. The summed E-state index contributed by atoms with van der Waals surface area (Å²) in [4.78, 5) is 2.11. The quantitative estimate of drug-likeness (QED) is 0.736. The van der Waals surface area contributed by atoms with Gasteiger partial charge in [-0.3, -0.25) is 0 Å². The maximum Gasteiger partial charge on any atom is 0.0829 e. The van der Waals surface area contributed by atoms with E-state index in [4.69, 9.17) is 4.74 Å². The molecule has 1 heterocycles. The lowest BCUT2D eigenvalue weighted by atomic mass is 10.1. The highest BCUT2D eigenvalue weighted by Crippen LogP contribution is 2.32. The van der Waals surface area contributed by atoms with Crippen molar-refractivity contribution in [2.24, 2.45) is 0 Å². The Balaban J connectivity index is 2.10. The number of hydrogen-bond acceptors (Lipinski definition) is 2. The van der Waals surface area contributed by atoms with Crippen LogP contribution in [-0.4, -0.2) is 20.2 Å². The first-order chi connectivity index (χ1) is 7.16. The van der Waals surface area contributed by atoms with Gasteiger partial charge in [0.25, 0.3) is 0 Å². The molecule has 0 radical (unpaired) electrons. The van der Waals surface area contributed by atoms with Crippen LogP contribution in [0, 0.1) is 0 Å². The van der Waals surface area contributed by atoms with Crippen LogP contribution in [0.3, 0.4) is 0 Å². The van der Waals surface area contributed by atoms with Crippen molar-refractivity contribution >= 4 is 5.69 Å². The van der Waals surface area contributed by atoms with Gasteiger partial charge in [0.05, 0.1) is 12.2 Å². The van der Waals surface area contributed by atoms with E-state index >= 15 is 0 Å². The van der Waals surface area contributed by atoms with E-state index in [0.29, 0.717) is 12.2 Å². The standard InChI is InChI=1S/C13H19NO/c1-10-4-9-13(15-10)11-5-7-12(8-6-11)14(2)3/h5-8,10,13H,4,9H2,1-3H3/t10-,13-/m1/s1. The largest absolute Gasteiger partial charge is 0.378 e. The number of hydrogen-bond donors (Lipinski definition) is 0. The molecule has 0 spiro atoms. The fourth-order valence-electron chi connectivity index (χ4n) is 2.03. The van der Waals surface area contributed by atoms with Crippen molar-refractivity contribution < 1.29 is 4.74 Å². The van der Waals surface area contributed by atoms with Crippen molar-refractivity contribution in [3.63, 3.8) is 0 Å². The smallest absolute Gasteiger partial charge is 0.0829 e. The second-order valence-electron chi connectivity index (χ2n) is 4.50. The van der Waals surface area contributed by atoms with E-state index in [1.54, 1.807) is 0 Å². The zero-order valence-corrected chi connectivity index (χ0v) is 9.73. The lowest BCUT2D eigenvalue weighted by molar-refractivity contribution is 0.0556. The van der Waals surface area contributed by atoms with Crippen LogP contribution in [0.25, 0.3) is 0 Å². The molecule has 2 nitrogen and oxygen atoms in total. The second kappa shape index (κ2) is 4.23. The van der Waals surface area contributed by atoms with Gasteiger partial charge in [0.15, 0.2) is 0 Å². The summed E-state index contributed by atoms with van der Waals surface area (Å²) < 4.78 is 5.83. The Hall–Kier alpha value is -1.02. The van der Waals surface area contributed by atoms with Crippen LogP contribution < -0.4 is 4.90 Å². The van der Waals surface area contributed by atoms with Gasteiger partial charge in [-0.25, -0.2) is 0 Å². The van der Waals surface area contributed by atoms with Gasteiger partial charge in [0.1, 0.15) is 0 Å². The van der Waals surface area contributed by atoms with Crippen molar-refractivity contribution in [1.29, 1.82) is 0 Å². The molecule has 1 aliphatic rings. The third-order valence-electron chi connectivity index (χ3n) is 3.01. The minimum absolute atomic E-state index is 0.316. The number of ether oxygens (including phenoxy) is 1. The zero-order valence-electron chi connectivity index (χ0n) is 9.73. The Bertz CT molecular complexity index is 318. The van der Waals surface area contributed by atoms with Gasteiger partial charge in [-0.2, -0.15) is 0 Å². The maximum absolute atomic E-state index is 5.83. The predicted molar refractivity (Wildman–Crippen MR) is 63.3 cm³/mol. The fraction of sp³-hybridized carbons (Fsp3) is 0.538. The topological polar surface area (TPSA) is 12.5 Å². The SMILES string of the molecule is C[C@@H]1CC[C@H](c2ccc(N(C)C)cc2)O1. The summed E-state index contributed by atoms with van der Waals surface area (Å²) in [5.74, 6) is 0. The molecule has 1 aromatic carbocycles. The molecule has 0 amide bonds. The number of benzene rings is 1. The molecule has 0 aromatic heterocycles. The average molecular weight is 205 g/mol. The van der Waals surface area contributed by atoms with Gasteiger partial charge in [-0.15, -0.1) is 0 Å². The molecule has 1 fully saturated rings. The predicted octanol–water partition coefficient (Wildman–Crippen LogP) is 2.99. The van der Waals surface area contributed by atoms with Crippen molar-refractivity contribution in [3.05, 3.63) is 29.8 Å². The Morgan fingerprint density at radius 2 is 1.80 bits per heavy atom. The number of anilines is 1. The molecule has 1 aromatic rings. The van der Waals surface area contributed by atoms with Crippen LogP contribution in [0.4, 0.5) is 5.69 Å². The van der Waals surface area contributed by atoms with Crippen molar-refractivity contribution in [3.8, 4) is 0 Å². The highest BCUT2D eigenvalue weighted by atomic mass is 16.5. The number of rotatable bonds is 2. The molecule has 0 N–H and O–H groups in total. The molecule has 0 unspecified atom stereocenters. The summed E-state index contributed by atoms with van der Waals surface area (Å²) in [6.45, 7) is 2.15. The Morgan fingerprint density at radius 3 is 2.27 bits per heavy atom. The number of nitrogens with zero attached hydrogens (tertiary/aromatic N) is 1. The minimum Gasteiger partial charge on any atom is -0.378 e. The third kappa shape index (κ3) is 2.32. The van der Waals surface area contributed by atoms with Crippen molar-refractivity contribution in [2.45, 2.75) is 32.0 Å². The van der Waals surface area contributed by atoms with Gasteiger partial charge in [-0.05, 0) is 37.5 Å². The van der Waals surface area contributed by atoms with E-state index in [1.807, 2.05) is 0 Å². The third-order valence-corrected chi connectivity index (χ3v) is 3.01. The van der Waals surface area contributed by atoms with E-state index in [9.17, 15) is 0 Å². The van der Waals surface area contributed by atoms with Crippen molar-refractivity contribution in [2.75, 3.05) is 19.0 Å². The van der Waals surface area contributed by atoms with Gasteiger partial charge >= 0.3 is 0 Å². The first-order valence-corrected chi connectivity index (χ1v) is 5.59. The zero-order chi connectivity index (χ0) is 10.8. The summed E-state index contributed by atoms with van der Waals surface area (Å²) >= 11 is 0. The molecule has 2 atom stereocenters. The van der Waals surface area contributed by atoms with E-state index in [2.05, 4.69) is 50.2 Å². The van der Waals surface area contributed by atoms with E-state index in [0.717, 1.165) is 6.42 Å². The summed E-state index contributed by atoms with van der Waals surface area (Å²) in [7, 11) is 4.12. The molecule has 0 bridgehead atoms. The van der Waals surface area contributed by atoms with E-state index in [-0.39, 0.29) is 0 Å². The van der Waals surface area contributed by atoms with E-state index < -0.39 is 0 Å².